The van der Waals surface area contributed by atoms with Crippen molar-refractivity contribution in [1.82, 2.24) is 5.32 Å². The molecule has 0 aromatic heterocycles. The Labute approximate surface area is 143 Å². The zero-order valence-corrected chi connectivity index (χ0v) is 14.8. The van der Waals surface area contributed by atoms with E-state index in [0.717, 1.165) is 28.2 Å². The average Bonchev–Trinajstić information content (AvgIpc) is 2.57. The number of amides is 1. The summed E-state index contributed by atoms with van der Waals surface area (Å²) in [6.45, 7) is 6.45. The molecule has 0 heterocycles. The topological polar surface area (TPSA) is 47.6 Å². The third kappa shape index (κ3) is 5.01. The maximum absolute atomic E-state index is 12.4. The van der Waals surface area contributed by atoms with Crippen molar-refractivity contribution in [3.63, 3.8) is 0 Å². The number of rotatable bonds is 7. The van der Waals surface area contributed by atoms with Crippen molar-refractivity contribution < 1.29 is 14.3 Å². The summed E-state index contributed by atoms with van der Waals surface area (Å²) in [6, 6.07) is 13.6. The molecule has 0 saturated heterocycles. The van der Waals surface area contributed by atoms with Crippen LogP contribution >= 0.6 is 0 Å². The quantitative estimate of drug-likeness (QED) is 0.842. The van der Waals surface area contributed by atoms with Crippen molar-refractivity contribution in [2.24, 2.45) is 0 Å². The Hall–Kier alpha value is -2.49. The molecule has 0 fully saturated rings. The first-order valence-electron chi connectivity index (χ1n) is 8.17. The number of carbonyl (C=O) groups is 1. The number of carbonyl (C=O) groups excluding carboxylic acids is 1. The van der Waals surface area contributed by atoms with E-state index in [-0.39, 0.29) is 5.91 Å². The number of aryl methyl sites for hydroxylation is 2. The smallest absolute Gasteiger partial charge is 0.261 e. The van der Waals surface area contributed by atoms with Gasteiger partial charge in [0, 0.05) is 6.54 Å². The first-order valence-corrected chi connectivity index (χ1v) is 8.17. The van der Waals surface area contributed by atoms with Gasteiger partial charge in [0.05, 0.1) is 7.11 Å². The molecular formula is C20H25NO3. The number of ether oxygens (including phenoxy) is 2. The number of methoxy groups -OCH3 is 1. The van der Waals surface area contributed by atoms with Crippen LogP contribution in [0.2, 0.25) is 0 Å². The molecular weight excluding hydrogens is 302 g/mol. The Kier molecular flexibility index (Phi) is 6.24. The molecule has 4 heteroatoms. The number of nitrogens with one attached hydrogen (secondary N) is 1. The van der Waals surface area contributed by atoms with E-state index in [4.69, 9.17) is 9.47 Å². The predicted octanol–water partition coefficient (Wildman–Crippen LogP) is 3.79. The molecule has 1 amide bonds. The monoisotopic (exact) mass is 327 g/mol. The fourth-order valence-corrected chi connectivity index (χ4v) is 2.53. The molecule has 24 heavy (non-hydrogen) atoms. The SMILES string of the molecule is CC[C@@H](Oc1cc(C)cc(C)c1)C(=O)NCc1ccc(OC)cc1. The van der Waals surface area contributed by atoms with Gasteiger partial charge in [-0.25, -0.2) is 0 Å². The summed E-state index contributed by atoms with van der Waals surface area (Å²) in [5.74, 6) is 1.43. The highest BCUT2D eigenvalue weighted by molar-refractivity contribution is 5.81. The first kappa shape index (κ1) is 17.9. The van der Waals surface area contributed by atoms with Gasteiger partial charge in [-0.1, -0.05) is 25.1 Å². The molecule has 0 spiro atoms. The molecule has 0 aliphatic heterocycles. The van der Waals surface area contributed by atoms with Crippen LogP contribution in [0.25, 0.3) is 0 Å². The molecule has 0 aliphatic carbocycles. The fraction of sp³-hybridized carbons (Fsp3) is 0.350. The van der Waals surface area contributed by atoms with Gasteiger partial charge in [0.15, 0.2) is 6.10 Å². The predicted molar refractivity (Wildman–Crippen MR) is 95.5 cm³/mol. The standard InChI is InChI=1S/C20H25NO3/c1-5-19(24-18-11-14(2)10-15(3)12-18)20(22)21-13-16-6-8-17(23-4)9-7-16/h6-12,19H,5,13H2,1-4H3,(H,21,22)/t19-/m1/s1. The van der Waals surface area contributed by atoms with Crippen LogP contribution in [-0.2, 0) is 11.3 Å². The Morgan fingerprint density at radius 1 is 1.04 bits per heavy atom. The summed E-state index contributed by atoms with van der Waals surface area (Å²) >= 11 is 0. The molecule has 0 bridgehead atoms. The van der Waals surface area contributed by atoms with E-state index < -0.39 is 6.10 Å². The minimum absolute atomic E-state index is 0.104. The highest BCUT2D eigenvalue weighted by Gasteiger charge is 2.18. The zero-order valence-electron chi connectivity index (χ0n) is 14.8. The summed E-state index contributed by atoms with van der Waals surface area (Å²) in [4.78, 5) is 12.4. The van der Waals surface area contributed by atoms with Gasteiger partial charge >= 0.3 is 0 Å². The Bertz CT molecular complexity index is 660. The molecule has 2 aromatic rings. The fourth-order valence-electron chi connectivity index (χ4n) is 2.53. The molecule has 1 N–H and O–H groups in total. The zero-order chi connectivity index (χ0) is 17.5. The van der Waals surface area contributed by atoms with Gasteiger partial charge in [0.1, 0.15) is 11.5 Å². The van der Waals surface area contributed by atoms with Crippen molar-refractivity contribution >= 4 is 5.91 Å². The molecule has 128 valence electrons. The Balaban J connectivity index is 1.95. The second-order valence-corrected chi connectivity index (χ2v) is 5.90. The molecule has 1 atom stereocenters. The number of benzene rings is 2. The summed E-state index contributed by atoms with van der Waals surface area (Å²) in [6.07, 6.45) is 0.117. The number of hydrogen-bond donors (Lipinski definition) is 1. The van der Waals surface area contributed by atoms with Crippen molar-refractivity contribution in [2.75, 3.05) is 7.11 Å². The maximum Gasteiger partial charge on any atom is 0.261 e. The van der Waals surface area contributed by atoms with Crippen LogP contribution in [0.1, 0.15) is 30.0 Å². The Morgan fingerprint density at radius 2 is 1.67 bits per heavy atom. The second-order valence-electron chi connectivity index (χ2n) is 5.90. The van der Waals surface area contributed by atoms with E-state index in [1.54, 1.807) is 7.11 Å². The molecule has 0 aliphatic rings. The lowest BCUT2D eigenvalue weighted by atomic mass is 10.1. The minimum Gasteiger partial charge on any atom is -0.497 e. The second kappa shape index (κ2) is 8.39. The Morgan fingerprint density at radius 3 is 2.21 bits per heavy atom. The highest BCUT2D eigenvalue weighted by Crippen LogP contribution is 2.18. The molecule has 4 nitrogen and oxygen atoms in total. The lowest BCUT2D eigenvalue weighted by molar-refractivity contribution is -0.128. The van der Waals surface area contributed by atoms with E-state index in [0.29, 0.717) is 13.0 Å². The van der Waals surface area contributed by atoms with E-state index in [9.17, 15) is 4.79 Å². The lowest BCUT2D eigenvalue weighted by Gasteiger charge is -2.18. The highest BCUT2D eigenvalue weighted by atomic mass is 16.5. The summed E-state index contributed by atoms with van der Waals surface area (Å²) in [5, 5.41) is 2.93. The van der Waals surface area contributed by atoms with Crippen LogP contribution in [0, 0.1) is 13.8 Å². The van der Waals surface area contributed by atoms with E-state index >= 15 is 0 Å². The van der Waals surface area contributed by atoms with Gasteiger partial charge in [0.25, 0.3) is 5.91 Å². The van der Waals surface area contributed by atoms with Crippen LogP contribution < -0.4 is 14.8 Å². The van der Waals surface area contributed by atoms with Gasteiger partial charge in [-0.05, 0) is 61.2 Å². The lowest BCUT2D eigenvalue weighted by Crippen LogP contribution is -2.37. The molecule has 2 aromatic carbocycles. The van der Waals surface area contributed by atoms with Crippen molar-refractivity contribution in [3.8, 4) is 11.5 Å². The normalized spacial score (nSPS) is 11.7. The van der Waals surface area contributed by atoms with Gasteiger partial charge < -0.3 is 14.8 Å². The maximum atomic E-state index is 12.4. The van der Waals surface area contributed by atoms with E-state index in [2.05, 4.69) is 11.4 Å². The van der Waals surface area contributed by atoms with Crippen LogP contribution in [-0.4, -0.2) is 19.1 Å². The van der Waals surface area contributed by atoms with Crippen molar-refractivity contribution in [2.45, 2.75) is 39.8 Å². The van der Waals surface area contributed by atoms with E-state index in [1.807, 2.05) is 57.2 Å². The summed E-state index contributed by atoms with van der Waals surface area (Å²) in [5.41, 5.74) is 3.27. The number of hydrogen-bond acceptors (Lipinski definition) is 3. The molecule has 2 rings (SSSR count). The average molecular weight is 327 g/mol. The summed E-state index contributed by atoms with van der Waals surface area (Å²) in [7, 11) is 1.63. The largest absolute Gasteiger partial charge is 0.497 e. The van der Waals surface area contributed by atoms with E-state index in [1.165, 1.54) is 0 Å². The first-order chi connectivity index (χ1) is 11.5. The van der Waals surface area contributed by atoms with Crippen LogP contribution in [0.15, 0.2) is 42.5 Å². The third-order valence-electron chi connectivity index (χ3n) is 3.76. The third-order valence-corrected chi connectivity index (χ3v) is 3.76. The summed E-state index contributed by atoms with van der Waals surface area (Å²) < 4.78 is 11.0. The van der Waals surface area contributed by atoms with Gasteiger partial charge in [0.2, 0.25) is 0 Å². The van der Waals surface area contributed by atoms with Crippen molar-refractivity contribution in [3.05, 3.63) is 59.2 Å². The van der Waals surface area contributed by atoms with Gasteiger partial charge in [-0.3, -0.25) is 4.79 Å². The minimum atomic E-state index is -0.496. The van der Waals surface area contributed by atoms with Gasteiger partial charge in [-0.2, -0.15) is 0 Å². The van der Waals surface area contributed by atoms with Crippen LogP contribution in [0.5, 0.6) is 11.5 Å². The molecule has 0 radical (unpaired) electrons. The van der Waals surface area contributed by atoms with Crippen LogP contribution in [0.3, 0.4) is 0 Å². The van der Waals surface area contributed by atoms with Crippen LogP contribution in [0.4, 0.5) is 0 Å². The molecule has 0 saturated carbocycles. The molecule has 0 unspecified atom stereocenters. The van der Waals surface area contributed by atoms with Crippen molar-refractivity contribution in [1.29, 1.82) is 0 Å². The van der Waals surface area contributed by atoms with Gasteiger partial charge in [-0.15, -0.1) is 0 Å².